The van der Waals surface area contributed by atoms with E-state index in [0.717, 1.165) is 24.2 Å². The van der Waals surface area contributed by atoms with Crippen LogP contribution in [0.4, 0.5) is 11.4 Å². The number of carbonyl (C=O) groups is 1. The Hall–Kier alpha value is -2.53. The second kappa shape index (κ2) is 8.03. The summed E-state index contributed by atoms with van der Waals surface area (Å²) in [6.07, 6.45) is 3.53. The fourth-order valence-corrected chi connectivity index (χ4v) is 2.70. The fourth-order valence-electron chi connectivity index (χ4n) is 2.70. The normalized spacial score (nSPS) is 13.8. The number of ether oxygens (including phenoxy) is 1. The van der Waals surface area contributed by atoms with Crippen molar-refractivity contribution in [2.75, 3.05) is 30.4 Å². The Balaban J connectivity index is 1.67. The predicted molar refractivity (Wildman–Crippen MR) is 99.5 cm³/mol. The van der Waals surface area contributed by atoms with Gasteiger partial charge in [-0.15, -0.1) is 0 Å². The van der Waals surface area contributed by atoms with Gasteiger partial charge in [0.15, 0.2) is 0 Å². The van der Waals surface area contributed by atoms with E-state index in [1.807, 2.05) is 54.4 Å². The van der Waals surface area contributed by atoms with Crippen LogP contribution in [-0.4, -0.2) is 37.3 Å². The quantitative estimate of drug-likeness (QED) is 0.812. The molecule has 1 amide bonds. The summed E-state index contributed by atoms with van der Waals surface area (Å²) in [5.41, 5.74) is 2.27. The zero-order valence-corrected chi connectivity index (χ0v) is 14.4. The molecular weight excluding hydrogens is 316 g/mol. The summed E-state index contributed by atoms with van der Waals surface area (Å²) >= 11 is 0. The van der Waals surface area contributed by atoms with E-state index in [2.05, 4.69) is 5.32 Å². The van der Waals surface area contributed by atoms with E-state index in [-0.39, 0.29) is 18.6 Å². The van der Waals surface area contributed by atoms with E-state index in [1.54, 1.807) is 6.07 Å². The van der Waals surface area contributed by atoms with Crippen LogP contribution in [0.25, 0.3) is 0 Å². The molecule has 0 spiro atoms. The summed E-state index contributed by atoms with van der Waals surface area (Å²) in [6.45, 7) is 0.671. The molecule has 0 unspecified atom stereocenters. The first-order valence-corrected chi connectivity index (χ1v) is 8.66. The second-order valence-corrected chi connectivity index (χ2v) is 6.31. The van der Waals surface area contributed by atoms with Gasteiger partial charge in [-0.05, 0) is 55.7 Å². The number of para-hydroxylation sites is 1. The van der Waals surface area contributed by atoms with Crippen LogP contribution >= 0.6 is 0 Å². The molecule has 5 nitrogen and oxygen atoms in total. The number of nitrogens with zero attached hydrogens (tertiary/aromatic N) is 1. The second-order valence-electron chi connectivity index (χ2n) is 6.31. The zero-order chi connectivity index (χ0) is 17.6. The molecule has 0 aromatic heterocycles. The van der Waals surface area contributed by atoms with Crippen molar-refractivity contribution in [3.8, 4) is 5.75 Å². The van der Waals surface area contributed by atoms with Gasteiger partial charge in [-0.1, -0.05) is 12.1 Å². The lowest BCUT2D eigenvalue weighted by molar-refractivity contribution is 0.0992. The summed E-state index contributed by atoms with van der Waals surface area (Å²) in [5, 5.41) is 11.9. The Kier molecular flexibility index (Phi) is 5.56. The van der Waals surface area contributed by atoms with Crippen LogP contribution in [0.1, 0.15) is 29.6 Å². The van der Waals surface area contributed by atoms with Gasteiger partial charge in [0.05, 0.1) is 18.3 Å². The Bertz CT molecular complexity index is 711. The van der Waals surface area contributed by atoms with Crippen LogP contribution in [0, 0.1) is 0 Å². The summed E-state index contributed by atoms with van der Waals surface area (Å²) < 4.78 is 5.93. The molecule has 0 bridgehead atoms. The maximum Gasteiger partial charge on any atom is 0.259 e. The number of hydrogen-bond acceptors (Lipinski definition) is 4. The van der Waals surface area contributed by atoms with Crippen molar-refractivity contribution in [1.29, 1.82) is 0 Å². The third-order valence-electron chi connectivity index (χ3n) is 4.48. The molecule has 0 atom stereocenters. The summed E-state index contributed by atoms with van der Waals surface area (Å²) in [7, 11) is 1.91. The van der Waals surface area contributed by atoms with E-state index < -0.39 is 0 Å². The number of likely N-dealkylation sites (N-methyl/N-ethyl adjacent to an activating group) is 1. The molecule has 1 fully saturated rings. The van der Waals surface area contributed by atoms with E-state index in [1.165, 1.54) is 6.42 Å². The van der Waals surface area contributed by atoms with Crippen LogP contribution < -0.4 is 15.0 Å². The SMILES string of the molecule is CN(CCO)c1ccc(NC(=O)c2ccccc2OC2CCC2)cc1. The van der Waals surface area contributed by atoms with Crippen molar-refractivity contribution in [1.82, 2.24) is 0 Å². The molecule has 0 aliphatic heterocycles. The molecule has 2 aromatic rings. The van der Waals surface area contributed by atoms with Crippen molar-refractivity contribution in [3.05, 3.63) is 54.1 Å². The standard InChI is InChI=1S/C20H24N2O3/c1-22(13-14-23)16-11-9-15(10-12-16)21-20(24)18-7-2-3-8-19(18)25-17-5-4-6-17/h2-3,7-12,17,23H,4-6,13-14H2,1H3,(H,21,24). The molecule has 2 aromatic carbocycles. The van der Waals surface area contributed by atoms with E-state index in [0.29, 0.717) is 17.9 Å². The number of hydrogen-bond donors (Lipinski definition) is 2. The number of aliphatic hydroxyl groups excluding tert-OH is 1. The van der Waals surface area contributed by atoms with Crippen LogP contribution in [0.2, 0.25) is 0 Å². The van der Waals surface area contributed by atoms with Gasteiger partial charge in [0, 0.05) is 25.0 Å². The van der Waals surface area contributed by atoms with Gasteiger partial charge in [0.2, 0.25) is 0 Å². The molecule has 1 aliphatic rings. The Morgan fingerprint density at radius 3 is 2.56 bits per heavy atom. The number of anilines is 2. The van der Waals surface area contributed by atoms with E-state index in [4.69, 9.17) is 9.84 Å². The smallest absolute Gasteiger partial charge is 0.259 e. The molecule has 5 heteroatoms. The lowest BCUT2D eigenvalue weighted by Crippen LogP contribution is -2.26. The molecule has 0 radical (unpaired) electrons. The van der Waals surface area contributed by atoms with Gasteiger partial charge in [0.1, 0.15) is 5.75 Å². The van der Waals surface area contributed by atoms with Gasteiger partial charge in [0.25, 0.3) is 5.91 Å². The highest BCUT2D eigenvalue weighted by Gasteiger charge is 2.21. The molecule has 1 aliphatic carbocycles. The highest BCUT2D eigenvalue weighted by molar-refractivity contribution is 6.06. The minimum absolute atomic E-state index is 0.104. The third kappa shape index (κ3) is 4.31. The Morgan fingerprint density at radius 1 is 1.20 bits per heavy atom. The van der Waals surface area contributed by atoms with Gasteiger partial charge in [-0.3, -0.25) is 4.79 Å². The zero-order valence-electron chi connectivity index (χ0n) is 14.4. The molecule has 0 heterocycles. The highest BCUT2D eigenvalue weighted by Crippen LogP contribution is 2.28. The number of amides is 1. The van der Waals surface area contributed by atoms with Crippen molar-refractivity contribution in [2.24, 2.45) is 0 Å². The lowest BCUT2D eigenvalue weighted by Gasteiger charge is -2.27. The van der Waals surface area contributed by atoms with Crippen molar-refractivity contribution in [2.45, 2.75) is 25.4 Å². The fraction of sp³-hybridized carbons (Fsp3) is 0.350. The van der Waals surface area contributed by atoms with Crippen LogP contribution in [0.15, 0.2) is 48.5 Å². The Morgan fingerprint density at radius 2 is 1.92 bits per heavy atom. The molecule has 1 saturated carbocycles. The van der Waals surface area contributed by atoms with Crippen LogP contribution in [0.3, 0.4) is 0 Å². The van der Waals surface area contributed by atoms with Crippen LogP contribution in [0.5, 0.6) is 5.75 Å². The monoisotopic (exact) mass is 340 g/mol. The maximum atomic E-state index is 12.6. The van der Waals surface area contributed by atoms with Gasteiger partial charge >= 0.3 is 0 Å². The maximum absolute atomic E-state index is 12.6. The summed E-state index contributed by atoms with van der Waals surface area (Å²) in [5.74, 6) is 0.468. The van der Waals surface area contributed by atoms with Crippen molar-refractivity contribution >= 4 is 17.3 Å². The first-order chi connectivity index (χ1) is 12.2. The number of carbonyl (C=O) groups excluding carboxylic acids is 1. The van der Waals surface area contributed by atoms with E-state index >= 15 is 0 Å². The molecule has 132 valence electrons. The van der Waals surface area contributed by atoms with Gasteiger partial charge in [-0.25, -0.2) is 0 Å². The highest BCUT2D eigenvalue weighted by atomic mass is 16.5. The van der Waals surface area contributed by atoms with Crippen molar-refractivity contribution < 1.29 is 14.6 Å². The molecular formula is C20H24N2O3. The van der Waals surface area contributed by atoms with Gasteiger partial charge in [-0.2, -0.15) is 0 Å². The number of nitrogens with one attached hydrogen (secondary N) is 1. The molecule has 25 heavy (non-hydrogen) atoms. The number of benzene rings is 2. The third-order valence-corrected chi connectivity index (χ3v) is 4.48. The van der Waals surface area contributed by atoms with Gasteiger partial charge < -0.3 is 20.1 Å². The molecule has 2 N–H and O–H groups in total. The minimum Gasteiger partial charge on any atom is -0.490 e. The van der Waals surface area contributed by atoms with E-state index in [9.17, 15) is 4.79 Å². The average Bonchev–Trinajstić information content (AvgIpc) is 2.59. The lowest BCUT2D eigenvalue weighted by atomic mass is 9.96. The minimum atomic E-state index is -0.175. The first-order valence-electron chi connectivity index (χ1n) is 8.66. The number of rotatable bonds is 7. The van der Waals surface area contributed by atoms with Crippen LogP contribution in [-0.2, 0) is 0 Å². The summed E-state index contributed by atoms with van der Waals surface area (Å²) in [4.78, 5) is 14.6. The van der Waals surface area contributed by atoms with Crippen molar-refractivity contribution in [3.63, 3.8) is 0 Å². The largest absolute Gasteiger partial charge is 0.490 e. The first kappa shape index (κ1) is 17.3. The Labute approximate surface area is 148 Å². The molecule has 0 saturated heterocycles. The predicted octanol–water partition coefficient (Wildman–Crippen LogP) is 3.30. The molecule has 3 rings (SSSR count). The number of aliphatic hydroxyl groups is 1. The topological polar surface area (TPSA) is 61.8 Å². The average molecular weight is 340 g/mol. The summed E-state index contributed by atoms with van der Waals surface area (Å²) in [6, 6.07) is 14.9.